The van der Waals surface area contributed by atoms with Crippen LogP contribution < -0.4 is 0 Å². The van der Waals surface area contributed by atoms with Crippen LogP contribution in [0.2, 0.25) is 22.2 Å². The van der Waals surface area contributed by atoms with Crippen LogP contribution in [-0.2, 0) is 8.54 Å². The molecule has 2 N–H and O–H groups in total. The van der Waals surface area contributed by atoms with Gasteiger partial charge in [-0.15, -0.1) is 0 Å². The van der Waals surface area contributed by atoms with Crippen molar-refractivity contribution in [2.24, 2.45) is 5.92 Å². The molecular formula is C26H43NO6Si2. The first-order valence-corrected chi connectivity index (χ1v) is 16.8. The van der Waals surface area contributed by atoms with Gasteiger partial charge in [-0.2, -0.15) is 0 Å². The van der Waals surface area contributed by atoms with E-state index < -0.39 is 53.6 Å². The summed E-state index contributed by atoms with van der Waals surface area (Å²) in [4.78, 5) is 27.1. The number of rotatable bonds is 10. The van der Waals surface area contributed by atoms with Crippen molar-refractivity contribution in [3.8, 4) is 0 Å². The van der Waals surface area contributed by atoms with Gasteiger partial charge in [0.2, 0.25) is 0 Å². The highest BCUT2D eigenvalue weighted by atomic mass is 28.4. The van der Waals surface area contributed by atoms with Crippen molar-refractivity contribution in [2.45, 2.75) is 102 Å². The maximum atomic E-state index is 13.0. The van der Waals surface area contributed by atoms with Crippen LogP contribution in [-0.4, -0.2) is 69.4 Å². The van der Waals surface area contributed by atoms with E-state index in [1.54, 1.807) is 24.3 Å². The van der Waals surface area contributed by atoms with Gasteiger partial charge in [0.05, 0.1) is 23.3 Å². The largest absolute Gasteiger partial charge is 0.437 e. The second kappa shape index (κ2) is 10.9. The molecule has 1 aromatic carbocycles. The van der Waals surface area contributed by atoms with E-state index >= 15 is 0 Å². The lowest BCUT2D eigenvalue weighted by atomic mass is 10.1. The summed E-state index contributed by atoms with van der Waals surface area (Å²) >= 11 is 0. The standard InChI is InChI=1S/C26H43NO6Si2/c1-15(2)34(16(3)4)33-35(17(5)6,18(7)8)32-14-19-13-22(24(29)23(19)28)27-25(30)20-11-9-10-12-21(20)26(27)31/h9-12,15-19,22-24,28-29,34H,13-14H2,1-8H3/t19-,22-,23-,24+/m1/s1. The molecule has 1 aliphatic carbocycles. The molecule has 9 heteroatoms. The number of imide groups is 1. The Morgan fingerprint density at radius 2 is 1.40 bits per heavy atom. The summed E-state index contributed by atoms with van der Waals surface area (Å²) < 4.78 is 13.7. The molecular weight excluding hydrogens is 478 g/mol. The molecule has 4 atom stereocenters. The zero-order valence-corrected chi connectivity index (χ0v) is 24.5. The number of amides is 2. The van der Waals surface area contributed by atoms with Crippen LogP contribution in [0.3, 0.4) is 0 Å². The number of aliphatic hydroxyl groups is 2. The van der Waals surface area contributed by atoms with E-state index in [9.17, 15) is 19.8 Å². The number of benzene rings is 1. The normalized spacial score (nSPS) is 25.3. The molecule has 7 nitrogen and oxygen atoms in total. The molecule has 0 unspecified atom stereocenters. The van der Waals surface area contributed by atoms with Crippen molar-refractivity contribution in [2.75, 3.05) is 6.61 Å². The van der Waals surface area contributed by atoms with Crippen LogP contribution in [0.15, 0.2) is 24.3 Å². The van der Waals surface area contributed by atoms with Gasteiger partial charge in [-0.25, -0.2) is 0 Å². The summed E-state index contributed by atoms with van der Waals surface area (Å²) in [5.41, 5.74) is 2.06. The van der Waals surface area contributed by atoms with Gasteiger partial charge in [-0.3, -0.25) is 14.5 Å². The van der Waals surface area contributed by atoms with Gasteiger partial charge in [0.15, 0.2) is 9.04 Å². The van der Waals surface area contributed by atoms with Gasteiger partial charge >= 0.3 is 8.56 Å². The number of carbonyl (C=O) groups excluding carboxylic acids is 2. The Hall–Kier alpha value is -1.37. The Morgan fingerprint density at radius 1 is 0.914 bits per heavy atom. The topological polar surface area (TPSA) is 96.3 Å². The van der Waals surface area contributed by atoms with E-state index in [0.29, 0.717) is 28.6 Å². The maximum Gasteiger partial charge on any atom is 0.333 e. The second-order valence-electron chi connectivity index (χ2n) is 11.5. The third-order valence-corrected chi connectivity index (χ3v) is 16.7. The average Bonchev–Trinajstić information content (AvgIpc) is 3.20. The van der Waals surface area contributed by atoms with Gasteiger partial charge in [0, 0.05) is 12.5 Å². The fraction of sp³-hybridized carbons (Fsp3) is 0.692. The van der Waals surface area contributed by atoms with Crippen molar-refractivity contribution in [1.82, 2.24) is 4.90 Å². The molecule has 0 saturated heterocycles. The van der Waals surface area contributed by atoms with Gasteiger partial charge in [-0.1, -0.05) is 67.5 Å². The third kappa shape index (κ3) is 5.21. The van der Waals surface area contributed by atoms with Crippen molar-refractivity contribution in [3.05, 3.63) is 35.4 Å². The summed E-state index contributed by atoms with van der Waals surface area (Å²) in [6.45, 7) is 17.7. The van der Waals surface area contributed by atoms with Gasteiger partial charge in [-0.05, 0) is 40.7 Å². The van der Waals surface area contributed by atoms with Gasteiger partial charge in [0.1, 0.15) is 6.10 Å². The van der Waals surface area contributed by atoms with E-state index in [4.69, 9.17) is 8.54 Å². The smallest absolute Gasteiger partial charge is 0.333 e. The van der Waals surface area contributed by atoms with Gasteiger partial charge in [0.25, 0.3) is 11.8 Å². The van der Waals surface area contributed by atoms with Crippen molar-refractivity contribution >= 4 is 29.4 Å². The van der Waals surface area contributed by atoms with Crippen LogP contribution in [0.5, 0.6) is 0 Å². The Bertz CT molecular complexity index is 870. The second-order valence-corrected chi connectivity index (χ2v) is 20.1. The van der Waals surface area contributed by atoms with Gasteiger partial charge < -0.3 is 18.8 Å². The lowest BCUT2D eigenvalue weighted by Crippen LogP contribution is -2.54. The number of fused-ring (bicyclic) bond motifs is 1. The Morgan fingerprint density at radius 3 is 1.83 bits per heavy atom. The fourth-order valence-corrected chi connectivity index (χ4v) is 16.2. The highest BCUT2D eigenvalue weighted by molar-refractivity contribution is 6.78. The van der Waals surface area contributed by atoms with E-state index in [2.05, 4.69) is 55.4 Å². The Balaban J connectivity index is 1.79. The molecule has 35 heavy (non-hydrogen) atoms. The third-order valence-electron chi connectivity index (χ3n) is 7.70. The number of hydrogen-bond donors (Lipinski definition) is 2. The molecule has 2 amide bonds. The Labute approximate surface area is 212 Å². The lowest BCUT2D eigenvalue weighted by Gasteiger charge is -2.43. The van der Waals surface area contributed by atoms with Crippen LogP contribution in [0, 0.1) is 5.92 Å². The van der Waals surface area contributed by atoms with E-state index in [1.165, 1.54) is 0 Å². The van der Waals surface area contributed by atoms with Crippen molar-refractivity contribution in [3.63, 3.8) is 0 Å². The highest BCUT2D eigenvalue weighted by Crippen LogP contribution is 2.41. The Kier molecular flexibility index (Phi) is 8.82. The SMILES string of the molecule is CC(C)[SiH](O[Si](OC[C@H]1C[C@@H](N2C(=O)c3ccccc3C2=O)[C@H](O)[C@@H]1O)(C(C)C)C(C)C)C(C)C. The minimum absolute atomic E-state index is 0.213. The molecule has 2 aliphatic rings. The fourth-order valence-electron chi connectivity index (χ4n) is 5.83. The summed E-state index contributed by atoms with van der Waals surface area (Å²) in [6.07, 6.45) is -2.00. The quantitative estimate of drug-likeness (QED) is 0.353. The minimum Gasteiger partial charge on any atom is -0.437 e. The van der Waals surface area contributed by atoms with Crippen LogP contribution in [0.4, 0.5) is 0 Å². The molecule has 0 radical (unpaired) electrons. The first-order chi connectivity index (χ1) is 16.3. The summed E-state index contributed by atoms with van der Waals surface area (Å²) in [5.74, 6) is -1.23. The average molecular weight is 522 g/mol. The molecule has 3 rings (SSSR count). The number of carbonyl (C=O) groups is 2. The summed E-state index contributed by atoms with van der Waals surface area (Å²) in [7, 11) is -4.23. The van der Waals surface area contributed by atoms with Crippen LogP contribution in [0.25, 0.3) is 0 Å². The minimum atomic E-state index is -2.67. The zero-order valence-electron chi connectivity index (χ0n) is 22.4. The first-order valence-electron chi connectivity index (χ1n) is 13.0. The van der Waals surface area contributed by atoms with E-state index in [0.717, 1.165) is 4.90 Å². The van der Waals surface area contributed by atoms with E-state index in [1.807, 2.05) is 0 Å². The molecule has 1 aromatic rings. The molecule has 1 aliphatic heterocycles. The predicted molar refractivity (Wildman–Crippen MR) is 141 cm³/mol. The molecule has 1 heterocycles. The van der Waals surface area contributed by atoms with E-state index in [-0.39, 0.29) is 17.7 Å². The lowest BCUT2D eigenvalue weighted by molar-refractivity contribution is -0.0126. The summed E-state index contributed by atoms with van der Waals surface area (Å²) in [6, 6.07) is 5.91. The highest BCUT2D eigenvalue weighted by Gasteiger charge is 2.53. The molecule has 1 fully saturated rings. The maximum absolute atomic E-state index is 13.0. The number of nitrogens with zero attached hydrogens (tertiary/aromatic N) is 1. The molecule has 0 spiro atoms. The van der Waals surface area contributed by atoms with Crippen molar-refractivity contribution in [1.29, 1.82) is 0 Å². The number of aliphatic hydroxyl groups excluding tert-OH is 2. The molecule has 0 aromatic heterocycles. The summed E-state index contributed by atoms with van der Waals surface area (Å²) in [5, 5.41) is 21.8. The van der Waals surface area contributed by atoms with Crippen LogP contribution in [0.1, 0.15) is 82.5 Å². The molecule has 196 valence electrons. The monoisotopic (exact) mass is 521 g/mol. The number of hydrogen-bond acceptors (Lipinski definition) is 6. The van der Waals surface area contributed by atoms with Crippen LogP contribution >= 0.6 is 0 Å². The molecule has 0 bridgehead atoms. The first kappa shape index (κ1) is 28.2. The zero-order chi connectivity index (χ0) is 26.2. The van der Waals surface area contributed by atoms with Crippen molar-refractivity contribution < 1.29 is 28.3 Å². The molecule has 1 saturated carbocycles. The predicted octanol–water partition coefficient (Wildman–Crippen LogP) is 4.23.